The Labute approximate surface area is 119 Å². The minimum Gasteiger partial charge on any atom is -0.366 e. The van der Waals surface area contributed by atoms with Gasteiger partial charge in [-0.05, 0) is 40.2 Å². The summed E-state index contributed by atoms with van der Waals surface area (Å²) in [4.78, 5) is 5.96. The zero-order valence-corrected chi connectivity index (χ0v) is 11.9. The summed E-state index contributed by atoms with van der Waals surface area (Å²) in [5, 5.41) is 8.84. The van der Waals surface area contributed by atoms with Gasteiger partial charge in [0.2, 0.25) is 0 Å². The average Bonchev–Trinajstić information content (AvgIpc) is 2.42. The zero-order valence-electron chi connectivity index (χ0n) is 10.3. The molecule has 0 N–H and O–H groups in total. The number of nitriles is 1. The molecule has 1 aromatic heterocycles. The van der Waals surface area contributed by atoms with Crippen molar-refractivity contribution < 1.29 is 4.39 Å². The molecule has 5 heteroatoms. The maximum atomic E-state index is 14.1. The van der Waals surface area contributed by atoms with Gasteiger partial charge in [-0.3, -0.25) is 4.98 Å². The Morgan fingerprint density at radius 3 is 2.79 bits per heavy atom. The molecule has 0 radical (unpaired) electrons. The Balaban J connectivity index is 2.28. The topological polar surface area (TPSA) is 39.9 Å². The molecule has 0 aliphatic heterocycles. The second kappa shape index (κ2) is 5.81. The highest BCUT2D eigenvalue weighted by molar-refractivity contribution is 9.10. The van der Waals surface area contributed by atoms with E-state index < -0.39 is 5.82 Å². The Morgan fingerprint density at radius 1 is 1.37 bits per heavy atom. The number of hydrogen-bond acceptors (Lipinski definition) is 3. The number of benzene rings is 1. The van der Waals surface area contributed by atoms with Gasteiger partial charge in [-0.2, -0.15) is 5.26 Å². The number of pyridine rings is 1. The zero-order chi connectivity index (χ0) is 13.8. The third-order valence-corrected chi connectivity index (χ3v) is 3.49. The highest BCUT2D eigenvalue weighted by atomic mass is 79.9. The SMILES string of the molecule is CN(Cc1ccccn1)c1ccc(C#N)c(Br)c1F. The molecule has 0 unspecified atom stereocenters. The van der Waals surface area contributed by atoms with Crippen molar-refractivity contribution in [3.05, 3.63) is 58.1 Å². The van der Waals surface area contributed by atoms with Crippen LogP contribution in [0.4, 0.5) is 10.1 Å². The van der Waals surface area contributed by atoms with Crippen LogP contribution in [0.25, 0.3) is 0 Å². The first-order valence-corrected chi connectivity index (χ1v) is 6.42. The van der Waals surface area contributed by atoms with E-state index in [1.165, 1.54) is 0 Å². The van der Waals surface area contributed by atoms with Crippen LogP contribution in [-0.2, 0) is 6.54 Å². The standard InChI is InChI=1S/C14H11BrFN3/c1-19(9-11-4-2-3-7-18-11)12-6-5-10(8-17)13(15)14(12)16/h2-7H,9H2,1H3. The van der Waals surface area contributed by atoms with Crippen LogP contribution in [0.1, 0.15) is 11.3 Å². The minimum absolute atomic E-state index is 0.195. The van der Waals surface area contributed by atoms with Crippen molar-refractivity contribution in [2.45, 2.75) is 6.54 Å². The number of halogens is 2. The maximum absolute atomic E-state index is 14.1. The van der Waals surface area contributed by atoms with Crippen molar-refractivity contribution in [2.75, 3.05) is 11.9 Å². The fraction of sp³-hybridized carbons (Fsp3) is 0.143. The van der Waals surface area contributed by atoms with Crippen LogP contribution in [0, 0.1) is 17.1 Å². The van der Waals surface area contributed by atoms with E-state index in [9.17, 15) is 4.39 Å². The molecule has 0 aliphatic carbocycles. The molecule has 96 valence electrons. The van der Waals surface area contributed by atoms with E-state index in [2.05, 4.69) is 20.9 Å². The summed E-state index contributed by atoms with van der Waals surface area (Å²) in [7, 11) is 1.78. The van der Waals surface area contributed by atoms with E-state index in [1.54, 1.807) is 30.3 Å². The number of rotatable bonds is 3. The third-order valence-electron chi connectivity index (χ3n) is 2.72. The van der Waals surface area contributed by atoms with Crippen molar-refractivity contribution in [1.82, 2.24) is 4.98 Å². The van der Waals surface area contributed by atoms with Gasteiger partial charge >= 0.3 is 0 Å². The summed E-state index contributed by atoms with van der Waals surface area (Å²) >= 11 is 3.11. The lowest BCUT2D eigenvalue weighted by Gasteiger charge is -2.20. The molecular formula is C14H11BrFN3. The predicted molar refractivity (Wildman–Crippen MR) is 75.2 cm³/mol. The molecule has 0 saturated carbocycles. The van der Waals surface area contributed by atoms with Crippen molar-refractivity contribution in [1.29, 1.82) is 5.26 Å². The summed E-state index contributed by atoms with van der Waals surface area (Å²) in [5.74, 6) is -0.433. The normalized spacial score (nSPS) is 10.0. The van der Waals surface area contributed by atoms with Gasteiger partial charge in [0, 0.05) is 13.2 Å². The molecule has 0 atom stereocenters. The largest absolute Gasteiger partial charge is 0.366 e. The first-order valence-electron chi connectivity index (χ1n) is 5.62. The minimum atomic E-state index is -0.433. The molecule has 0 spiro atoms. The van der Waals surface area contributed by atoms with Gasteiger partial charge < -0.3 is 4.90 Å². The average molecular weight is 320 g/mol. The van der Waals surface area contributed by atoms with Gasteiger partial charge in [-0.15, -0.1) is 0 Å². The van der Waals surface area contributed by atoms with Gasteiger partial charge in [-0.25, -0.2) is 4.39 Å². The summed E-state index contributed by atoms with van der Waals surface area (Å²) in [6.07, 6.45) is 1.70. The van der Waals surface area contributed by atoms with E-state index in [-0.39, 0.29) is 10.0 Å². The van der Waals surface area contributed by atoms with Gasteiger partial charge in [0.25, 0.3) is 0 Å². The smallest absolute Gasteiger partial charge is 0.161 e. The van der Waals surface area contributed by atoms with Crippen molar-refractivity contribution >= 4 is 21.6 Å². The highest BCUT2D eigenvalue weighted by Gasteiger charge is 2.14. The number of nitrogens with zero attached hydrogens (tertiary/aromatic N) is 3. The predicted octanol–water partition coefficient (Wildman–Crippen LogP) is 3.49. The second-order valence-corrected chi connectivity index (χ2v) is 4.84. The van der Waals surface area contributed by atoms with Crippen LogP contribution in [0.2, 0.25) is 0 Å². The van der Waals surface area contributed by atoms with Crippen LogP contribution >= 0.6 is 15.9 Å². The lowest BCUT2D eigenvalue weighted by atomic mass is 10.2. The highest BCUT2D eigenvalue weighted by Crippen LogP contribution is 2.29. The van der Waals surface area contributed by atoms with Gasteiger partial charge in [-0.1, -0.05) is 6.07 Å². The van der Waals surface area contributed by atoms with Crippen molar-refractivity contribution in [3.63, 3.8) is 0 Å². The lowest BCUT2D eigenvalue weighted by Crippen LogP contribution is -2.18. The summed E-state index contributed by atoms with van der Waals surface area (Å²) < 4.78 is 14.3. The van der Waals surface area contributed by atoms with E-state index in [0.717, 1.165) is 5.69 Å². The number of hydrogen-bond donors (Lipinski definition) is 0. The Bertz CT molecular complexity index is 623. The van der Waals surface area contributed by atoms with Crippen LogP contribution in [0.15, 0.2) is 41.0 Å². The third kappa shape index (κ3) is 2.91. The molecule has 0 saturated heterocycles. The summed E-state index contributed by atoms with van der Waals surface area (Å²) in [5.41, 5.74) is 1.56. The Kier molecular flexibility index (Phi) is 4.13. The maximum Gasteiger partial charge on any atom is 0.161 e. The first kappa shape index (κ1) is 13.5. The van der Waals surface area contributed by atoms with Crippen LogP contribution in [0.5, 0.6) is 0 Å². The Morgan fingerprint density at radius 2 is 2.16 bits per heavy atom. The molecule has 2 aromatic rings. The van der Waals surface area contributed by atoms with Gasteiger partial charge in [0.15, 0.2) is 5.82 Å². The molecule has 2 rings (SSSR count). The summed E-state index contributed by atoms with van der Waals surface area (Å²) in [6.45, 7) is 0.496. The van der Waals surface area contributed by atoms with Crippen LogP contribution in [0.3, 0.4) is 0 Å². The van der Waals surface area contributed by atoms with Crippen LogP contribution < -0.4 is 4.90 Å². The van der Waals surface area contributed by atoms with Crippen LogP contribution in [-0.4, -0.2) is 12.0 Å². The fourth-order valence-electron chi connectivity index (χ4n) is 1.74. The molecule has 0 amide bonds. The first-order chi connectivity index (χ1) is 9.13. The molecular weight excluding hydrogens is 309 g/mol. The number of aromatic nitrogens is 1. The van der Waals surface area contributed by atoms with E-state index >= 15 is 0 Å². The monoisotopic (exact) mass is 319 g/mol. The molecule has 0 aliphatic rings. The van der Waals surface area contributed by atoms with Crippen molar-refractivity contribution in [2.24, 2.45) is 0 Å². The summed E-state index contributed by atoms with van der Waals surface area (Å²) in [6, 6.07) is 10.7. The molecule has 19 heavy (non-hydrogen) atoms. The second-order valence-electron chi connectivity index (χ2n) is 4.05. The quantitative estimate of drug-likeness (QED) is 0.869. The molecule has 3 nitrogen and oxygen atoms in total. The molecule has 1 heterocycles. The van der Waals surface area contributed by atoms with E-state index in [4.69, 9.17) is 5.26 Å². The van der Waals surface area contributed by atoms with E-state index in [1.807, 2.05) is 24.3 Å². The van der Waals surface area contributed by atoms with Gasteiger partial charge in [0.05, 0.1) is 28.0 Å². The number of anilines is 1. The molecule has 0 fully saturated rings. The molecule has 0 bridgehead atoms. The van der Waals surface area contributed by atoms with E-state index in [0.29, 0.717) is 12.2 Å². The molecule has 1 aromatic carbocycles. The Hall–Kier alpha value is -1.93. The van der Waals surface area contributed by atoms with Gasteiger partial charge in [0.1, 0.15) is 6.07 Å². The lowest BCUT2D eigenvalue weighted by molar-refractivity contribution is 0.614. The van der Waals surface area contributed by atoms with Crippen molar-refractivity contribution in [3.8, 4) is 6.07 Å². The fourth-order valence-corrected chi connectivity index (χ4v) is 2.16.